The summed E-state index contributed by atoms with van der Waals surface area (Å²) in [6.07, 6.45) is 1.81. The van der Waals surface area contributed by atoms with Crippen LogP contribution in [0.1, 0.15) is 30.3 Å². The van der Waals surface area contributed by atoms with Crippen LogP contribution >= 0.6 is 11.3 Å². The molecule has 0 radical (unpaired) electrons. The van der Waals surface area contributed by atoms with E-state index in [-0.39, 0.29) is 0 Å². The molecule has 0 atom stereocenters. The smallest absolute Gasteiger partial charge is 0.142 e. The Balaban J connectivity index is 2.43. The predicted octanol–water partition coefficient (Wildman–Crippen LogP) is 3.64. The van der Waals surface area contributed by atoms with E-state index >= 15 is 0 Å². The van der Waals surface area contributed by atoms with E-state index in [0.717, 1.165) is 16.4 Å². The number of hydrogen-bond donors (Lipinski definition) is 0. The minimum Gasteiger partial charge on any atom is -0.254 e. The molecule has 0 aromatic carbocycles. The number of rotatable bonds is 2. The standard InChI is InChI=1S/C12H14N2S/c1-8(2)11-9(3)14-12(15-11)10-6-4-5-7-13-10/h4-8H,1-3H3. The van der Waals surface area contributed by atoms with Crippen molar-refractivity contribution in [3.63, 3.8) is 0 Å². The molecule has 0 aliphatic rings. The van der Waals surface area contributed by atoms with Crippen molar-refractivity contribution in [2.45, 2.75) is 26.7 Å². The van der Waals surface area contributed by atoms with Gasteiger partial charge in [-0.3, -0.25) is 4.98 Å². The first-order chi connectivity index (χ1) is 7.18. The molecule has 2 nitrogen and oxygen atoms in total. The fourth-order valence-corrected chi connectivity index (χ4v) is 2.59. The average Bonchev–Trinajstić information content (AvgIpc) is 2.62. The molecule has 0 amide bonds. The number of hydrogen-bond acceptors (Lipinski definition) is 3. The van der Waals surface area contributed by atoms with Gasteiger partial charge in [0, 0.05) is 11.1 Å². The molecule has 15 heavy (non-hydrogen) atoms. The molecule has 0 saturated heterocycles. The van der Waals surface area contributed by atoms with Crippen LogP contribution in [0.4, 0.5) is 0 Å². The van der Waals surface area contributed by atoms with E-state index in [1.54, 1.807) is 17.5 Å². The minimum atomic E-state index is 0.542. The summed E-state index contributed by atoms with van der Waals surface area (Å²) >= 11 is 1.75. The first-order valence-corrected chi connectivity index (χ1v) is 5.89. The van der Waals surface area contributed by atoms with Crippen molar-refractivity contribution in [2.24, 2.45) is 0 Å². The Morgan fingerprint density at radius 1 is 1.27 bits per heavy atom. The summed E-state index contributed by atoms with van der Waals surface area (Å²) in [5.74, 6) is 0.542. The van der Waals surface area contributed by atoms with Gasteiger partial charge in [0.25, 0.3) is 0 Å². The van der Waals surface area contributed by atoms with E-state index < -0.39 is 0 Å². The van der Waals surface area contributed by atoms with Crippen LogP contribution < -0.4 is 0 Å². The molecule has 0 saturated carbocycles. The Kier molecular flexibility index (Phi) is 2.82. The molecule has 78 valence electrons. The molecule has 0 aliphatic heterocycles. The third kappa shape index (κ3) is 2.07. The Labute approximate surface area is 94.0 Å². The van der Waals surface area contributed by atoms with E-state index in [2.05, 4.69) is 30.7 Å². The number of nitrogens with zero attached hydrogens (tertiary/aromatic N) is 2. The minimum absolute atomic E-state index is 0.542. The van der Waals surface area contributed by atoms with Gasteiger partial charge in [-0.2, -0.15) is 0 Å². The largest absolute Gasteiger partial charge is 0.254 e. The molecule has 0 aliphatic carbocycles. The van der Waals surface area contributed by atoms with Crippen molar-refractivity contribution in [1.29, 1.82) is 0 Å². The summed E-state index contributed by atoms with van der Waals surface area (Å²) in [5.41, 5.74) is 2.10. The van der Waals surface area contributed by atoms with Crippen LogP contribution in [0, 0.1) is 6.92 Å². The average molecular weight is 218 g/mol. The molecule has 0 fully saturated rings. The number of pyridine rings is 1. The van der Waals surface area contributed by atoms with Gasteiger partial charge in [0.15, 0.2) is 0 Å². The Hall–Kier alpha value is -1.22. The van der Waals surface area contributed by atoms with E-state index in [0.29, 0.717) is 5.92 Å². The molecule has 2 rings (SSSR count). The molecular weight excluding hydrogens is 204 g/mol. The molecular formula is C12H14N2S. The van der Waals surface area contributed by atoms with Crippen LogP contribution in [0.3, 0.4) is 0 Å². The Bertz CT molecular complexity index is 446. The van der Waals surface area contributed by atoms with Crippen LogP contribution in [0.15, 0.2) is 24.4 Å². The normalized spacial score (nSPS) is 10.9. The third-order valence-corrected chi connectivity index (χ3v) is 3.72. The van der Waals surface area contributed by atoms with E-state index in [1.165, 1.54) is 4.88 Å². The molecule has 0 spiro atoms. The van der Waals surface area contributed by atoms with Gasteiger partial charge in [-0.15, -0.1) is 11.3 Å². The lowest BCUT2D eigenvalue weighted by Gasteiger charge is -1.99. The van der Waals surface area contributed by atoms with Crippen molar-refractivity contribution < 1.29 is 0 Å². The zero-order chi connectivity index (χ0) is 10.8. The fraction of sp³-hybridized carbons (Fsp3) is 0.333. The molecule has 2 heterocycles. The third-order valence-electron chi connectivity index (χ3n) is 2.24. The SMILES string of the molecule is Cc1nc(-c2ccccn2)sc1C(C)C. The summed E-state index contributed by atoms with van der Waals surface area (Å²) in [4.78, 5) is 10.2. The molecule has 0 unspecified atom stereocenters. The van der Waals surface area contributed by atoms with Gasteiger partial charge in [0.2, 0.25) is 0 Å². The zero-order valence-electron chi connectivity index (χ0n) is 9.19. The van der Waals surface area contributed by atoms with Crippen molar-refractivity contribution in [3.8, 4) is 10.7 Å². The Morgan fingerprint density at radius 3 is 2.60 bits per heavy atom. The van der Waals surface area contributed by atoms with Gasteiger partial charge in [-0.1, -0.05) is 19.9 Å². The summed E-state index contributed by atoms with van der Waals surface area (Å²) in [6, 6.07) is 5.92. The highest BCUT2D eigenvalue weighted by Crippen LogP contribution is 2.31. The maximum Gasteiger partial charge on any atom is 0.142 e. The van der Waals surface area contributed by atoms with Crippen molar-refractivity contribution in [3.05, 3.63) is 35.0 Å². The molecule has 0 bridgehead atoms. The second-order valence-electron chi connectivity index (χ2n) is 3.84. The monoisotopic (exact) mass is 218 g/mol. The molecule has 0 N–H and O–H groups in total. The lowest BCUT2D eigenvalue weighted by molar-refractivity contribution is 0.873. The van der Waals surface area contributed by atoms with Crippen molar-refractivity contribution in [1.82, 2.24) is 9.97 Å². The van der Waals surface area contributed by atoms with Crippen LogP contribution in [0.5, 0.6) is 0 Å². The van der Waals surface area contributed by atoms with Gasteiger partial charge in [-0.05, 0) is 25.0 Å². The van der Waals surface area contributed by atoms with Gasteiger partial charge in [0.1, 0.15) is 5.01 Å². The predicted molar refractivity (Wildman–Crippen MR) is 64.2 cm³/mol. The van der Waals surface area contributed by atoms with Crippen LogP contribution in [-0.2, 0) is 0 Å². The highest BCUT2D eigenvalue weighted by atomic mass is 32.1. The second-order valence-corrected chi connectivity index (χ2v) is 4.87. The summed E-state index contributed by atoms with van der Waals surface area (Å²) in [7, 11) is 0. The van der Waals surface area contributed by atoms with Gasteiger partial charge >= 0.3 is 0 Å². The van der Waals surface area contributed by atoms with Crippen LogP contribution in [0.2, 0.25) is 0 Å². The maximum absolute atomic E-state index is 4.56. The fourth-order valence-electron chi connectivity index (χ4n) is 1.54. The van der Waals surface area contributed by atoms with Crippen LogP contribution in [0.25, 0.3) is 10.7 Å². The quantitative estimate of drug-likeness (QED) is 0.769. The molecule has 3 heteroatoms. The lowest BCUT2D eigenvalue weighted by atomic mass is 10.1. The molecule has 2 aromatic rings. The first-order valence-electron chi connectivity index (χ1n) is 5.07. The topological polar surface area (TPSA) is 25.8 Å². The van der Waals surface area contributed by atoms with Crippen molar-refractivity contribution in [2.75, 3.05) is 0 Å². The van der Waals surface area contributed by atoms with Gasteiger partial charge in [-0.25, -0.2) is 4.98 Å². The summed E-state index contributed by atoms with van der Waals surface area (Å²) < 4.78 is 0. The van der Waals surface area contributed by atoms with E-state index in [9.17, 15) is 0 Å². The zero-order valence-corrected chi connectivity index (χ0v) is 10.0. The highest BCUT2D eigenvalue weighted by molar-refractivity contribution is 7.15. The molecule has 2 aromatic heterocycles. The first kappa shape index (κ1) is 10.3. The van der Waals surface area contributed by atoms with E-state index in [1.807, 2.05) is 18.2 Å². The van der Waals surface area contributed by atoms with Crippen LogP contribution in [-0.4, -0.2) is 9.97 Å². The lowest BCUT2D eigenvalue weighted by Crippen LogP contribution is -1.85. The number of aryl methyl sites for hydroxylation is 1. The summed E-state index contributed by atoms with van der Waals surface area (Å²) in [5, 5.41) is 1.02. The van der Waals surface area contributed by atoms with E-state index in [4.69, 9.17) is 0 Å². The number of aromatic nitrogens is 2. The van der Waals surface area contributed by atoms with Gasteiger partial charge < -0.3 is 0 Å². The Morgan fingerprint density at radius 2 is 2.07 bits per heavy atom. The summed E-state index contributed by atoms with van der Waals surface area (Å²) in [6.45, 7) is 6.46. The van der Waals surface area contributed by atoms with Crippen molar-refractivity contribution >= 4 is 11.3 Å². The van der Waals surface area contributed by atoms with Gasteiger partial charge in [0.05, 0.1) is 11.4 Å². The number of thiazole rings is 1. The highest BCUT2D eigenvalue weighted by Gasteiger charge is 2.12. The second kappa shape index (κ2) is 4.11. The maximum atomic E-state index is 4.56.